The number of carbonyl (C=O) groups is 1. The molecule has 0 aliphatic carbocycles. The Morgan fingerprint density at radius 1 is 1.69 bits per heavy atom. The fourth-order valence-corrected chi connectivity index (χ4v) is 3.84. The van der Waals surface area contributed by atoms with Crippen molar-refractivity contribution in [3.05, 3.63) is 10.6 Å². The Hall–Kier alpha value is -0.680. The summed E-state index contributed by atoms with van der Waals surface area (Å²) in [5, 5.41) is 1.10. The molecule has 16 heavy (non-hydrogen) atoms. The van der Waals surface area contributed by atoms with Crippen molar-refractivity contribution in [3.8, 4) is 0 Å². The predicted octanol–water partition coefficient (Wildman–Crippen LogP) is 0.787. The fourth-order valence-electron chi connectivity index (χ4n) is 2.39. The van der Waals surface area contributed by atoms with Crippen molar-refractivity contribution in [1.29, 1.82) is 0 Å². The van der Waals surface area contributed by atoms with Gasteiger partial charge in [0.2, 0.25) is 0 Å². The Kier molecular flexibility index (Phi) is 3.44. The van der Waals surface area contributed by atoms with Gasteiger partial charge in [0.05, 0.1) is 17.2 Å². The zero-order valence-electron chi connectivity index (χ0n) is 9.73. The minimum atomic E-state index is -0.218. The summed E-state index contributed by atoms with van der Waals surface area (Å²) in [5.74, 6) is 0.0739. The van der Waals surface area contributed by atoms with E-state index >= 15 is 0 Å². The fraction of sp³-hybridized carbons (Fsp3) is 0.727. The second-order valence-electron chi connectivity index (χ2n) is 4.31. The Labute approximate surface area is 100 Å². The number of piperidine rings is 1. The highest BCUT2D eigenvalue weighted by molar-refractivity contribution is 8.04. The normalized spacial score (nSPS) is 30.4. The summed E-state index contributed by atoms with van der Waals surface area (Å²) in [6.45, 7) is 4.26. The number of ether oxygens (including phenoxy) is 1. The van der Waals surface area contributed by atoms with Gasteiger partial charge in [-0.15, -0.1) is 11.8 Å². The minimum Gasteiger partial charge on any atom is -0.463 e. The van der Waals surface area contributed by atoms with Gasteiger partial charge < -0.3 is 15.4 Å². The molecule has 1 fully saturated rings. The van der Waals surface area contributed by atoms with Crippen LogP contribution in [0.15, 0.2) is 10.6 Å². The van der Waals surface area contributed by atoms with Gasteiger partial charge in [-0.1, -0.05) is 0 Å². The zero-order chi connectivity index (χ0) is 11.7. The van der Waals surface area contributed by atoms with Crippen LogP contribution >= 0.6 is 11.8 Å². The van der Waals surface area contributed by atoms with Gasteiger partial charge in [0.25, 0.3) is 0 Å². The molecule has 2 aliphatic rings. The lowest BCUT2D eigenvalue weighted by Gasteiger charge is -2.32. The first-order valence-corrected chi connectivity index (χ1v) is 6.53. The molecule has 2 atom stereocenters. The number of esters is 1. The molecule has 0 bridgehead atoms. The van der Waals surface area contributed by atoms with Crippen LogP contribution in [-0.2, 0) is 9.53 Å². The van der Waals surface area contributed by atoms with Crippen LogP contribution in [0.5, 0.6) is 0 Å². The van der Waals surface area contributed by atoms with Crippen molar-refractivity contribution < 1.29 is 9.53 Å². The Bertz CT molecular complexity index is 330. The summed E-state index contributed by atoms with van der Waals surface area (Å²) in [4.78, 5) is 14.1. The highest BCUT2D eigenvalue weighted by Gasteiger charge is 2.41. The Balaban J connectivity index is 2.13. The molecule has 0 aromatic heterocycles. The molecule has 2 unspecified atom stereocenters. The molecule has 0 saturated carbocycles. The second-order valence-corrected chi connectivity index (χ2v) is 5.59. The van der Waals surface area contributed by atoms with E-state index in [0.717, 1.165) is 25.1 Å². The predicted molar refractivity (Wildman–Crippen MR) is 64.8 cm³/mol. The molecule has 0 radical (unpaired) electrons. The number of hydrogen-bond donors (Lipinski definition) is 1. The van der Waals surface area contributed by atoms with Gasteiger partial charge in [0, 0.05) is 17.7 Å². The quantitative estimate of drug-likeness (QED) is 0.725. The average Bonchev–Trinajstić information content (AvgIpc) is 2.53. The van der Waals surface area contributed by atoms with Gasteiger partial charge in [0.15, 0.2) is 0 Å². The van der Waals surface area contributed by atoms with Gasteiger partial charge in [0.1, 0.15) is 0 Å². The number of nitrogens with zero attached hydrogens (tertiary/aromatic N) is 1. The monoisotopic (exact) mass is 242 g/mol. The summed E-state index contributed by atoms with van der Waals surface area (Å²) < 4.78 is 5.07. The molecule has 2 heterocycles. The molecular formula is C11H18N2O2S. The molecule has 4 nitrogen and oxygen atoms in total. The maximum Gasteiger partial charge on any atom is 0.336 e. The van der Waals surface area contributed by atoms with E-state index in [1.165, 1.54) is 0 Å². The van der Waals surface area contributed by atoms with Crippen LogP contribution in [0.1, 0.15) is 13.3 Å². The van der Waals surface area contributed by atoms with Gasteiger partial charge in [-0.2, -0.15) is 0 Å². The summed E-state index contributed by atoms with van der Waals surface area (Å²) in [6, 6.07) is 0. The molecule has 2 aliphatic heterocycles. The first-order chi connectivity index (χ1) is 7.63. The molecule has 0 amide bonds. The third kappa shape index (κ3) is 2.06. The average molecular weight is 242 g/mol. The summed E-state index contributed by atoms with van der Waals surface area (Å²) in [7, 11) is 2.11. The summed E-state index contributed by atoms with van der Waals surface area (Å²) >= 11 is 1.63. The van der Waals surface area contributed by atoms with E-state index in [1.54, 1.807) is 11.8 Å². The van der Waals surface area contributed by atoms with Crippen LogP contribution in [0.25, 0.3) is 0 Å². The topological polar surface area (TPSA) is 55.6 Å². The van der Waals surface area contributed by atoms with Crippen LogP contribution in [0.2, 0.25) is 0 Å². The maximum absolute atomic E-state index is 11.8. The minimum absolute atomic E-state index is 0.218. The van der Waals surface area contributed by atoms with Crippen molar-refractivity contribution in [2.75, 3.05) is 26.7 Å². The number of hydrogen-bond acceptors (Lipinski definition) is 5. The van der Waals surface area contributed by atoms with Gasteiger partial charge >= 0.3 is 5.97 Å². The van der Waals surface area contributed by atoms with Crippen LogP contribution < -0.4 is 5.73 Å². The summed E-state index contributed by atoms with van der Waals surface area (Å²) in [6.07, 6.45) is 1.00. The number of thioether (sulfide) groups is 1. The summed E-state index contributed by atoms with van der Waals surface area (Å²) in [5.41, 5.74) is 6.67. The lowest BCUT2D eigenvalue weighted by atomic mass is 9.89. The Morgan fingerprint density at radius 2 is 2.44 bits per heavy atom. The lowest BCUT2D eigenvalue weighted by Crippen LogP contribution is -2.39. The standard InChI is InChI=1S/C11H18N2O2S/c1-3-15-11(14)9-7-4-5-13(2)6-8(7)16-10(9)12/h7-8H,3-6,12H2,1-2H3. The molecule has 0 aromatic carbocycles. The molecular weight excluding hydrogens is 224 g/mol. The van der Waals surface area contributed by atoms with Gasteiger partial charge in [-0.25, -0.2) is 4.79 Å². The van der Waals surface area contributed by atoms with E-state index < -0.39 is 0 Å². The second kappa shape index (κ2) is 4.67. The van der Waals surface area contributed by atoms with Gasteiger partial charge in [-0.05, 0) is 26.9 Å². The van der Waals surface area contributed by atoms with Crippen molar-refractivity contribution in [2.45, 2.75) is 18.6 Å². The molecule has 5 heteroatoms. The van der Waals surface area contributed by atoms with Gasteiger partial charge in [-0.3, -0.25) is 0 Å². The zero-order valence-corrected chi connectivity index (χ0v) is 10.5. The highest BCUT2D eigenvalue weighted by atomic mass is 32.2. The smallest absolute Gasteiger partial charge is 0.336 e. The molecule has 90 valence electrons. The largest absolute Gasteiger partial charge is 0.463 e. The number of carbonyl (C=O) groups excluding carboxylic acids is 1. The van der Waals surface area contributed by atoms with E-state index in [2.05, 4.69) is 11.9 Å². The third-order valence-electron chi connectivity index (χ3n) is 3.17. The van der Waals surface area contributed by atoms with Crippen LogP contribution in [-0.4, -0.2) is 42.9 Å². The van der Waals surface area contributed by atoms with E-state index in [9.17, 15) is 4.79 Å². The van der Waals surface area contributed by atoms with E-state index in [0.29, 0.717) is 22.8 Å². The maximum atomic E-state index is 11.8. The Morgan fingerprint density at radius 3 is 3.12 bits per heavy atom. The van der Waals surface area contributed by atoms with Crippen molar-refractivity contribution in [2.24, 2.45) is 11.7 Å². The molecule has 2 rings (SSSR count). The van der Waals surface area contributed by atoms with E-state index in [4.69, 9.17) is 10.5 Å². The SMILES string of the molecule is CCOC(=O)C1=C(N)SC2CN(C)CCC12. The van der Waals surface area contributed by atoms with Crippen LogP contribution in [0.3, 0.4) is 0 Å². The van der Waals surface area contributed by atoms with Crippen LogP contribution in [0, 0.1) is 5.92 Å². The third-order valence-corrected chi connectivity index (χ3v) is 4.43. The van der Waals surface area contributed by atoms with Crippen molar-refractivity contribution in [1.82, 2.24) is 4.90 Å². The highest BCUT2D eigenvalue weighted by Crippen LogP contribution is 2.44. The van der Waals surface area contributed by atoms with E-state index in [1.807, 2.05) is 6.92 Å². The molecule has 0 spiro atoms. The molecule has 2 N–H and O–H groups in total. The van der Waals surface area contributed by atoms with E-state index in [-0.39, 0.29) is 5.97 Å². The number of fused-ring (bicyclic) bond motifs is 1. The lowest BCUT2D eigenvalue weighted by molar-refractivity contribution is -0.139. The number of rotatable bonds is 2. The number of nitrogens with two attached hydrogens (primary N) is 1. The van der Waals surface area contributed by atoms with Crippen molar-refractivity contribution in [3.63, 3.8) is 0 Å². The van der Waals surface area contributed by atoms with Crippen molar-refractivity contribution >= 4 is 17.7 Å². The number of likely N-dealkylation sites (tertiary alicyclic amines) is 1. The first kappa shape index (κ1) is 11.8. The molecule has 1 saturated heterocycles. The van der Waals surface area contributed by atoms with Crippen LogP contribution in [0.4, 0.5) is 0 Å². The first-order valence-electron chi connectivity index (χ1n) is 5.65. The molecule has 0 aromatic rings.